The highest BCUT2D eigenvalue weighted by atomic mass is 35.5. The maximum absolute atomic E-state index is 13.3. The van der Waals surface area contributed by atoms with Crippen LogP contribution in [0.1, 0.15) is 38.8 Å². The first-order valence-corrected chi connectivity index (χ1v) is 11.4. The van der Waals surface area contributed by atoms with Crippen LogP contribution >= 0.6 is 11.6 Å². The molecule has 0 spiro atoms. The predicted octanol–water partition coefficient (Wildman–Crippen LogP) is 5.03. The predicted molar refractivity (Wildman–Crippen MR) is 131 cm³/mol. The minimum atomic E-state index is -0.313. The van der Waals surface area contributed by atoms with Gasteiger partial charge >= 0.3 is 0 Å². The molecule has 1 aliphatic heterocycles. The van der Waals surface area contributed by atoms with E-state index in [0.717, 1.165) is 33.3 Å². The average Bonchev–Trinajstić information content (AvgIpc) is 3.28. The zero-order chi connectivity index (χ0) is 22.9. The lowest BCUT2D eigenvalue weighted by atomic mass is 9.95. The summed E-state index contributed by atoms with van der Waals surface area (Å²) in [5.74, 6) is -0.291. The van der Waals surface area contributed by atoms with Crippen molar-refractivity contribution in [3.05, 3.63) is 106 Å². The molecule has 0 saturated carbocycles. The molecule has 6 heteroatoms. The molecular formula is C27H24ClN3O2. The number of benzene rings is 3. The summed E-state index contributed by atoms with van der Waals surface area (Å²) in [6.07, 6.45) is 0.696. The number of aromatic amines is 1. The number of rotatable bonds is 6. The quantitative estimate of drug-likeness (QED) is 0.426. The summed E-state index contributed by atoms with van der Waals surface area (Å²) < 4.78 is 0. The van der Waals surface area contributed by atoms with Gasteiger partial charge in [0.2, 0.25) is 5.91 Å². The van der Waals surface area contributed by atoms with Crippen molar-refractivity contribution in [2.75, 3.05) is 13.1 Å². The Morgan fingerprint density at radius 1 is 1.03 bits per heavy atom. The molecule has 4 aromatic rings. The molecule has 0 bridgehead atoms. The van der Waals surface area contributed by atoms with Gasteiger partial charge in [-0.25, -0.2) is 0 Å². The van der Waals surface area contributed by atoms with Crippen LogP contribution in [-0.2, 0) is 11.2 Å². The molecule has 0 aliphatic carbocycles. The van der Waals surface area contributed by atoms with Gasteiger partial charge in [0.15, 0.2) is 0 Å². The third-order valence-corrected chi connectivity index (χ3v) is 6.49. The molecule has 1 atom stereocenters. The van der Waals surface area contributed by atoms with Gasteiger partial charge in [0, 0.05) is 39.3 Å². The largest absolute Gasteiger partial charge is 0.358 e. The van der Waals surface area contributed by atoms with Crippen LogP contribution in [0, 0.1) is 6.92 Å². The molecule has 1 aromatic heterocycles. The van der Waals surface area contributed by atoms with Crippen molar-refractivity contribution in [2.24, 2.45) is 0 Å². The van der Waals surface area contributed by atoms with E-state index in [1.54, 1.807) is 4.90 Å². The molecule has 3 aromatic carbocycles. The summed E-state index contributed by atoms with van der Waals surface area (Å²) in [6, 6.07) is 23.0. The molecule has 5 rings (SSSR count). The second-order valence-corrected chi connectivity index (χ2v) is 8.79. The Labute approximate surface area is 197 Å². The van der Waals surface area contributed by atoms with E-state index in [1.165, 1.54) is 0 Å². The number of carbonyl (C=O) groups is 2. The molecule has 0 saturated heterocycles. The third kappa shape index (κ3) is 4.00. The number of carbonyl (C=O) groups excluding carboxylic acids is 2. The standard InChI is InChI=1S/C27H24ClN3O2/c1-17-25(22-8-4-5-9-23(22)30-17)26-20-6-2-3-7-21(20)27(33)31(26)16-24(32)29-15-14-18-10-12-19(28)13-11-18/h2-13,26,30H,14-16H2,1H3,(H,29,32)/t26-/m0/s1. The Bertz CT molecular complexity index is 1340. The number of hydrogen-bond acceptors (Lipinski definition) is 2. The Morgan fingerprint density at radius 3 is 2.58 bits per heavy atom. The number of amides is 2. The number of aryl methyl sites for hydroxylation is 1. The van der Waals surface area contributed by atoms with Gasteiger partial charge < -0.3 is 15.2 Å². The lowest BCUT2D eigenvalue weighted by Gasteiger charge is -2.25. The molecule has 0 unspecified atom stereocenters. The van der Waals surface area contributed by atoms with Crippen molar-refractivity contribution in [2.45, 2.75) is 19.4 Å². The Hall–Kier alpha value is -3.57. The van der Waals surface area contributed by atoms with Gasteiger partial charge in [-0.05, 0) is 48.7 Å². The first-order chi connectivity index (χ1) is 16.0. The van der Waals surface area contributed by atoms with Crippen LogP contribution in [0.3, 0.4) is 0 Å². The second-order valence-electron chi connectivity index (χ2n) is 8.36. The fourth-order valence-electron chi connectivity index (χ4n) is 4.70. The Balaban J connectivity index is 1.39. The summed E-state index contributed by atoms with van der Waals surface area (Å²) >= 11 is 5.94. The number of hydrogen-bond donors (Lipinski definition) is 2. The fourth-order valence-corrected chi connectivity index (χ4v) is 4.83. The number of nitrogens with zero attached hydrogens (tertiary/aromatic N) is 1. The Morgan fingerprint density at radius 2 is 1.76 bits per heavy atom. The van der Waals surface area contributed by atoms with E-state index in [0.29, 0.717) is 23.6 Å². The maximum atomic E-state index is 13.3. The minimum absolute atomic E-state index is 0.00224. The summed E-state index contributed by atoms with van der Waals surface area (Å²) in [4.78, 5) is 31.3. The highest BCUT2D eigenvalue weighted by Gasteiger charge is 2.40. The number of halogens is 1. The molecule has 0 radical (unpaired) electrons. The lowest BCUT2D eigenvalue weighted by molar-refractivity contribution is -0.122. The van der Waals surface area contributed by atoms with Crippen LogP contribution in [0.2, 0.25) is 5.02 Å². The van der Waals surface area contributed by atoms with Crippen LogP contribution in [0.4, 0.5) is 0 Å². The molecule has 1 aliphatic rings. The zero-order valence-electron chi connectivity index (χ0n) is 18.3. The summed E-state index contributed by atoms with van der Waals surface area (Å²) in [7, 11) is 0. The van der Waals surface area contributed by atoms with E-state index < -0.39 is 0 Å². The lowest BCUT2D eigenvalue weighted by Crippen LogP contribution is -2.40. The number of H-pyrrole nitrogens is 1. The van der Waals surface area contributed by atoms with E-state index in [2.05, 4.69) is 16.4 Å². The molecule has 5 nitrogen and oxygen atoms in total. The third-order valence-electron chi connectivity index (χ3n) is 6.24. The van der Waals surface area contributed by atoms with Crippen LogP contribution in [0.5, 0.6) is 0 Å². The van der Waals surface area contributed by atoms with Gasteiger partial charge in [0.05, 0.1) is 6.04 Å². The van der Waals surface area contributed by atoms with Crippen molar-refractivity contribution in [3.63, 3.8) is 0 Å². The molecular weight excluding hydrogens is 434 g/mol. The Kier molecular flexibility index (Phi) is 5.65. The van der Waals surface area contributed by atoms with E-state index in [9.17, 15) is 9.59 Å². The number of nitrogens with one attached hydrogen (secondary N) is 2. The van der Waals surface area contributed by atoms with Crippen molar-refractivity contribution >= 4 is 34.3 Å². The number of fused-ring (bicyclic) bond motifs is 2. The van der Waals surface area contributed by atoms with Crippen LogP contribution in [-0.4, -0.2) is 34.8 Å². The van der Waals surface area contributed by atoms with Crippen LogP contribution < -0.4 is 5.32 Å². The van der Waals surface area contributed by atoms with Crippen molar-refractivity contribution < 1.29 is 9.59 Å². The highest BCUT2D eigenvalue weighted by molar-refractivity contribution is 6.30. The second kappa shape index (κ2) is 8.75. The topological polar surface area (TPSA) is 65.2 Å². The smallest absolute Gasteiger partial charge is 0.255 e. The normalized spacial score (nSPS) is 15.2. The molecule has 0 fully saturated rings. The molecule has 33 heavy (non-hydrogen) atoms. The zero-order valence-corrected chi connectivity index (χ0v) is 19.0. The van der Waals surface area contributed by atoms with Gasteiger partial charge in [0.25, 0.3) is 5.91 Å². The minimum Gasteiger partial charge on any atom is -0.358 e. The van der Waals surface area contributed by atoms with Crippen molar-refractivity contribution in [1.82, 2.24) is 15.2 Å². The van der Waals surface area contributed by atoms with E-state index in [4.69, 9.17) is 11.6 Å². The molecule has 2 amide bonds. The van der Waals surface area contributed by atoms with Crippen LogP contribution in [0.15, 0.2) is 72.8 Å². The fraction of sp³-hybridized carbons (Fsp3) is 0.185. The van der Waals surface area contributed by atoms with E-state index in [-0.39, 0.29) is 24.4 Å². The van der Waals surface area contributed by atoms with Crippen LogP contribution in [0.25, 0.3) is 10.9 Å². The maximum Gasteiger partial charge on any atom is 0.255 e. The first kappa shape index (κ1) is 21.3. The number of para-hydroxylation sites is 1. The van der Waals surface area contributed by atoms with Gasteiger partial charge in [-0.2, -0.15) is 0 Å². The van der Waals surface area contributed by atoms with Crippen molar-refractivity contribution in [1.29, 1.82) is 0 Å². The van der Waals surface area contributed by atoms with Gasteiger partial charge in [0.1, 0.15) is 6.54 Å². The monoisotopic (exact) mass is 457 g/mol. The highest BCUT2D eigenvalue weighted by Crippen LogP contribution is 2.42. The average molecular weight is 458 g/mol. The molecule has 2 N–H and O–H groups in total. The summed E-state index contributed by atoms with van der Waals surface area (Å²) in [5, 5.41) is 4.72. The van der Waals surface area contributed by atoms with E-state index in [1.807, 2.05) is 73.7 Å². The van der Waals surface area contributed by atoms with Crippen molar-refractivity contribution in [3.8, 4) is 0 Å². The summed E-state index contributed by atoms with van der Waals surface area (Å²) in [6.45, 7) is 2.51. The number of aromatic nitrogens is 1. The first-order valence-electron chi connectivity index (χ1n) is 11.0. The molecule has 166 valence electrons. The molecule has 2 heterocycles. The van der Waals surface area contributed by atoms with Gasteiger partial charge in [-0.1, -0.05) is 60.1 Å². The van der Waals surface area contributed by atoms with E-state index >= 15 is 0 Å². The van der Waals surface area contributed by atoms with Gasteiger partial charge in [-0.3, -0.25) is 9.59 Å². The summed E-state index contributed by atoms with van der Waals surface area (Å²) in [5.41, 5.74) is 5.74. The SMILES string of the molecule is Cc1[nH]c2ccccc2c1[C@@H]1c2ccccc2C(=O)N1CC(=O)NCCc1ccc(Cl)cc1. The van der Waals surface area contributed by atoms with Gasteiger partial charge in [-0.15, -0.1) is 0 Å².